The third-order valence-corrected chi connectivity index (χ3v) is 6.34. The molecule has 0 spiro atoms. The fourth-order valence-electron chi connectivity index (χ4n) is 4.31. The first-order chi connectivity index (χ1) is 16.9. The first kappa shape index (κ1) is 29.5. The van der Waals surface area contributed by atoms with Crippen LogP contribution in [0.3, 0.4) is 0 Å². The minimum Gasteiger partial charge on any atom is -0.507 e. The van der Waals surface area contributed by atoms with Gasteiger partial charge < -0.3 is 25.4 Å². The molecule has 8 nitrogen and oxygen atoms in total. The van der Waals surface area contributed by atoms with Crippen molar-refractivity contribution in [3.63, 3.8) is 0 Å². The van der Waals surface area contributed by atoms with Crippen LogP contribution in [0.1, 0.15) is 97.2 Å². The molecule has 1 saturated carbocycles. The van der Waals surface area contributed by atoms with Crippen LogP contribution < -0.4 is 10.6 Å². The molecule has 36 heavy (non-hydrogen) atoms. The number of nitrogens with one attached hydrogen (secondary N) is 2. The van der Waals surface area contributed by atoms with Crippen molar-refractivity contribution in [1.29, 1.82) is 0 Å². The minimum atomic E-state index is -1.00. The number of nitrogens with zero attached hydrogens (tertiary/aromatic N) is 1. The van der Waals surface area contributed by atoms with E-state index in [4.69, 9.17) is 4.74 Å². The molecular formula is C28H45N3O5. The molecule has 0 saturated heterocycles. The molecule has 0 bridgehead atoms. The van der Waals surface area contributed by atoms with Crippen LogP contribution in [-0.4, -0.2) is 52.1 Å². The van der Waals surface area contributed by atoms with Crippen LogP contribution >= 0.6 is 0 Å². The van der Waals surface area contributed by atoms with E-state index in [1.165, 1.54) is 0 Å². The monoisotopic (exact) mass is 503 g/mol. The number of aromatic hydroxyl groups is 1. The van der Waals surface area contributed by atoms with Crippen molar-refractivity contribution in [3.05, 3.63) is 29.3 Å². The maximum Gasteiger partial charge on any atom is 0.408 e. The van der Waals surface area contributed by atoms with E-state index in [-0.39, 0.29) is 29.5 Å². The molecular weight excluding hydrogens is 458 g/mol. The van der Waals surface area contributed by atoms with Gasteiger partial charge >= 0.3 is 6.09 Å². The summed E-state index contributed by atoms with van der Waals surface area (Å²) >= 11 is 0. The predicted octanol–water partition coefficient (Wildman–Crippen LogP) is 4.98. The largest absolute Gasteiger partial charge is 0.507 e. The fraction of sp³-hybridized carbons (Fsp3) is 0.679. The Kier molecular flexibility index (Phi) is 10.6. The Morgan fingerprint density at radius 1 is 1.19 bits per heavy atom. The normalized spacial score (nSPS) is 15.6. The fourth-order valence-corrected chi connectivity index (χ4v) is 4.31. The molecule has 0 aromatic heterocycles. The second-order valence-corrected chi connectivity index (χ2v) is 11.2. The molecule has 202 valence electrons. The Morgan fingerprint density at radius 3 is 2.39 bits per heavy atom. The molecule has 3 amide bonds. The summed E-state index contributed by atoms with van der Waals surface area (Å²) in [5.41, 5.74) is 0.313. The van der Waals surface area contributed by atoms with Gasteiger partial charge in [-0.15, -0.1) is 0 Å². The average molecular weight is 504 g/mol. The molecule has 1 aromatic rings. The number of phenols is 1. The van der Waals surface area contributed by atoms with Gasteiger partial charge in [0.2, 0.25) is 11.8 Å². The van der Waals surface area contributed by atoms with Crippen molar-refractivity contribution in [2.75, 3.05) is 6.54 Å². The minimum absolute atomic E-state index is 0.00535. The number of aryl methyl sites for hydroxylation is 1. The van der Waals surface area contributed by atoms with Gasteiger partial charge in [0.05, 0.1) is 0 Å². The molecule has 3 N–H and O–H groups in total. The van der Waals surface area contributed by atoms with Gasteiger partial charge in [0.1, 0.15) is 23.4 Å². The predicted molar refractivity (Wildman–Crippen MR) is 141 cm³/mol. The lowest BCUT2D eigenvalue weighted by molar-refractivity contribution is -0.147. The van der Waals surface area contributed by atoms with Crippen LogP contribution in [0.5, 0.6) is 5.75 Å². The van der Waals surface area contributed by atoms with Crippen molar-refractivity contribution in [2.45, 2.75) is 111 Å². The summed E-state index contributed by atoms with van der Waals surface area (Å²) in [6.07, 6.45) is 3.93. The Morgan fingerprint density at radius 2 is 1.86 bits per heavy atom. The number of hydrogen-bond acceptors (Lipinski definition) is 5. The Bertz CT molecular complexity index is 905. The first-order valence-electron chi connectivity index (χ1n) is 13.2. The topological polar surface area (TPSA) is 108 Å². The van der Waals surface area contributed by atoms with Gasteiger partial charge in [0, 0.05) is 18.2 Å². The van der Waals surface area contributed by atoms with E-state index < -0.39 is 23.8 Å². The number of para-hydroxylation sites is 1. The summed E-state index contributed by atoms with van der Waals surface area (Å²) in [7, 11) is 0. The van der Waals surface area contributed by atoms with Crippen molar-refractivity contribution in [3.8, 4) is 5.75 Å². The highest BCUT2D eigenvalue weighted by molar-refractivity contribution is 5.93. The first-order valence-corrected chi connectivity index (χ1v) is 13.2. The van der Waals surface area contributed by atoms with E-state index in [2.05, 4.69) is 10.6 Å². The second-order valence-electron chi connectivity index (χ2n) is 11.2. The lowest BCUT2D eigenvalue weighted by Crippen LogP contribution is -2.57. The molecule has 0 aliphatic heterocycles. The van der Waals surface area contributed by atoms with Crippen LogP contribution in [0.25, 0.3) is 0 Å². The molecule has 8 heteroatoms. The van der Waals surface area contributed by atoms with E-state index in [0.29, 0.717) is 24.1 Å². The SMILES string of the molecule is CCCCNC(=O)C(c1cccc(C)c1O)N(C(=O)C(CC(C)C)NC(=O)OC(C)(C)C)C1CCC1. The summed E-state index contributed by atoms with van der Waals surface area (Å²) < 4.78 is 5.43. The van der Waals surface area contributed by atoms with E-state index in [1.54, 1.807) is 50.8 Å². The van der Waals surface area contributed by atoms with Crippen molar-refractivity contribution in [2.24, 2.45) is 5.92 Å². The van der Waals surface area contributed by atoms with Gasteiger partial charge in [-0.2, -0.15) is 0 Å². The lowest BCUT2D eigenvalue weighted by atomic mass is 9.87. The zero-order chi connectivity index (χ0) is 27.0. The van der Waals surface area contributed by atoms with Gasteiger partial charge in [-0.1, -0.05) is 45.4 Å². The van der Waals surface area contributed by atoms with Crippen LogP contribution in [0.15, 0.2) is 18.2 Å². The maximum absolute atomic E-state index is 14.2. The molecule has 0 radical (unpaired) electrons. The summed E-state index contributed by atoms with van der Waals surface area (Å²) in [5, 5.41) is 16.7. The van der Waals surface area contributed by atoms with Gasteiger partial charge in [-0.25, -0.2) is 4.79 Å². The zero-order valence-electron chi connectivity index (χ0n) is 23.0. The molecule has 1 aliphatic carbocycles. The third kappa shape index (κ3) is 8.14. The smallest absolute Gasteiger partial charge is 0.408 e. The van der Waals surface area contributed by atoms with Crippen LogP contribution in [0.4, 0.5) is 4.79 Å². The second kappa shape index (κ2) is 13.0. The highest BCUT2D eigenvalue weighted by Crippen LogP contribution is 2.38. The summed E-state index contributed by atoms with van der Waals surface area (Å²) in [5.74, 6) is -0.548. The van der Waals surface area contributed by atoms with Crippen molar-refractivity contribution < 1.29 is 24.2 Å². The quantitative estimate of drug-likeness (QED) is 0.369. The molecule has 0 heterocycles. The number of hydrogen-bond donors (Lipinski definition) is 3. The maximum atomic E-state index is 14.2. The average Bonchev–Trinajstić information content (AvgIpc) is 2.72. The Labute approximate surface area is 216 Å². The van der Waals surface area contributed by atoms with Gasteiger partial charge in [-0.05, 0) is 71.3 Å². The molecule has 2 unspecified atom stereocenters. The highest BCUT2D eigenvalue weighted by atomic mass is 16.6. The zero-order valence-corrected chi connectivity index (χ0v) is 23.0. The van der Waals surface area contributed by atoms with Gasteiger partial charge in [0.15, 0.2) is 0 Å². The lowest BCUT2D eigenvalue weighted by Gasteiger charge is -2.44. The summed E-state index contributed by atoms with van der Waals surface area (Å²) in [6.45, 7) is 13.6. The number of rotatable bonds is 11. The molecule has 1 aromatic carbocycles. The van der Waals surface area contributed by atoms with E-state index in [9.17, 15) is 19.5 Å². The molecule has 1 aliphatic rings. The van der Waals surface area contributed by atoms with E-state index >= 15 is 0 Å². The molecule has 1 fully saturated rings. The number of unbranched alkanes of at least 4 members (excludes halogenated alkanes) is 1. The molecule has 2 rings (SSSR count). The molecule has 2 atom stereocenters. The summed E-state index contributed by atoms with van der Waals surface area (Å²) in [6, 6.07) is 3.23. The van der Waals surface area contributed by atoms with Crippen molar-refractivity contribution in [1.82, 2.24) is 15.5 Å². The van der Waals surface area contributed by atoms with Crippen molar-refractivity contribution >= 4 is 17.9 Å². The van der Waals surface area contributed by atoms with E-state index in [1.807, 2.05) is 20.8 Å². The number of phenolic OH excluding ortho intramolecular Hbond substituents is 1. The standard InChI is InChI=1S/C28H45N3O5/c1-8-9-16-29-25(33)23(21-15-10-12-19(4)24(21)32)31(20-13-11-14-20)26(34)22(17-18(2)3)30-27(35)36-28(5,6)7/h10,12,15,18,20,22-23,32H,8-9,11,13-14,16-17H2,1-7H3,(H,29,33)(H,30,35). The van der Waals surface area contributed by atoms with E-state index in [0.717, 1.165) is 32.1 Å². The highest BCUT2D eigenvalue weighted by Gasteiger charge is 2.43. The van der Waals surface area contributed by atoms with Crippen LogP contribution in [0.2, 0.25) is 0 Å². The number of carbonyl (C=O) groups is 3. The number of ether oxygens (including phenoxy) is 1. The summed E-state index contributed by atoms with van der Waals surface area (Å²) in [4.78, 5) is 42.0. The Hall–Kier alpha value is -2.77. The number of carbonyl (C=O) groups excluding carboxylic acids is 3. The number of alkyl carbamates (subject to hydrolysis) is 1. The third-order valence-electron chi connectivity index (χ3n) is 6.34. The number of amides is 3. The van der Waals surface area contributed by atoms with Crippen LogP contribution in [-0.2, 0) is 14.3 Å². The Balaban J connectivity index is 2.50. The number of benzene rings is 1. The van der Waals surface area contributed by atoms with Gasteiger partial charge in [-0.3, -0.25) is 9.59 Å². The van der Waals surface area contributed by atoms with Gasteiger partial charge in [0.25, 0.3) is 0 Å². The van der Waals surface area contributed by atoms with Crippen LogP contribution in [0, 0.1) is 12.8 Å².